The molecule has 53 valence electrons. The molecule has 0 atom stereocenters. The van der Waals surface area contributed by atoms with E-state index in [2.05, 4.69) is 21.7 Å². The molecule has 1 aliphatic heterocycles. The van der Waals surface area contributed by atoms with Crippen molar-refractivity contribution in [2.24, 2.45) is 0 Å². The highest BCUT2D eigenvalue weighted by atomic mass is 32.1. The van der Waals surface area contributed by atoms with Crippen LogP contribution >= 0.6 is 11.3 Å². The van der Waals surface area contributed by atoms with Gasteiger partial charge in [0, 0.05) is 13.1 Å². The second-order valence-corrected chi connectivity index (χ2v) is 3.31. The van der Waals surface area contributed by atoms with E-state index >= 15 is 0 Å². The van der Waals surface area contributed by atoms with Crippen LogP contribution < -0.4 is 4.90 Å². The van der Waals surface area contributed by atoms with Crippen molar-refractivity contribution in [1.29, 1.82) is 0 Å². The van der Waals surface area contributed by atoms with Crippen molar-refractivity contribution < 1.29 is 0 Å². The fraction of sp³-hybridized carbons (Fsp3) is 0.500. The van der Waals surface area contributed by atoms with Crippen LogP contribution in [0.3, 0.4) is 0 Å². The first-order valence-electron chi connectivity index (χ1n) is 3.67. The van der Waals surface area contributed by atoms with Gasteiger partial charge in [-0.25, -0.2) is 0 Å². The second-order valence-electron chi connectivity index (χ2n) is 2.60. The first-order chi connectivity index (χ1) is 4.97. The minimum absolute atomic E-state index is 1.23. The molecule has 0 bridgehead atoms. The summed E-state index contributed by atoms with van der Waals surface area (Å²) in [4.78, 5) is 2.40. The largest absolute Gasteiger partial charge is 0.370 e. The maximum Gasteiger partial charge on any atom is 0.0697 e. The highest BCUT2D eigenvalue weighted by molar-refractivity contribution is 7.07. The normalized spacial score (nSPS) is 18.2. The zero-order chi connectivity index (χ0) is 6.81. The quantitative estimate of drug-likeness (QED) is 0.596. The molecule has 2 rings (SSSR count). The second kappa shape index (κ2) is 2.62. The van der Waals surface area contributed by atoms with Crippen molar-refractivity contribution in [3.8, 4) is 0 Å². The Morgan fingerprint density at radius 1 is 1.40 bits per heavy atom. The van der Waals surface area contributed by atoms with Gasteiger partial charge < -0.3 is 4.90 Å². The Balaban J connectivity index is 2.12. The lowest BCUT2D eigenvalue weighted by Crippen LogP contribution is -2.16. The molecule has 10 heavy (non-hydrogen) atoms. The fourth-order valence-corrected chi connectivity index (χ4v) is 1.94. The first-order valence-corrected chi connectivity index (χ1v) is 4.55. The van der Waals surface area contributed by atoms with Crippen molar-refractivity contribution in [3.05, 3.63) is 16.8 Å². The molecular weight excluding hydrogens is 142 g/mol. The average molecular weight is 152 g/mol. The summed E-state index contributed by atoms with van der Waals surface area (Å²) in [6, 6.07) is 2.15. The van der Waals surface area contributed by atoms with Crippen molar-refractivity contribution in [3.63, 3.8) is 0 Å². The van der Waals surface area contributed by atoms with Gasteiger partial charge in [-0.1, -0.05) is 0 Å². The molecule has 0 unspecified atom stereocenters. The van der Waals surface area contributed by atoms with E-state index in [1.165, 1.54) is 31.6 Å². The monoisotopic (exact) mass is 152 g/mol. The maximum absolute atomic E-state index is 3.25. The predicted octanol–water partition coefficient (Wildman–Crippen LogP) is 2.15. The summed E-state index contributed by atoms with van der Waals surface area (Å²) in [5, 5.41) is 5.34. The molecule has 1 aromatic rings. The van der Waals surface area contributed by atoms with Gasteiger partial charge in [-0.05, 0) is 24.3 Å². The van der Waals surface area contributed by atoms with Gasteiger partial charge in [0.15, 0.2) is 0 Å². The molecule has 0 aliphatic carbocycles. The van der Waals surface area contributed by atoms with Crippen LogP contribution in [0.4, 0.5) is 5.69 Å². The minimum atomic E-state index is 1.23. The highest BCUT2D eigenvalue weighted by Gasteiger charge is 2.11. The smallest absolute Gasteiger partial charge is 0.0697 e. The van der Waals surface area contributed by atoms with E-state index in [9.17, 15) is 0 Å². The number of hydrogen-bond donors (Lipinski definition) is 0. The lowest BCUT2D eigenvalue weighted by atomic mass is 10.4. The van der Waals surface area contributed by atoms with Gasteiger partial charge in [-0.3, -0.25) is 0 Å². The lowest BCUT2D eigenvalue weighted by molar-refractivity contribution is 0.949. The standard InChI is InChI=1S/C8H10NS/c1-2-5-9(4-1)8-3-6-10-7-8/h3,6H,1-2,4-5H2. The molecule has 2 heterocycles. The SMILES string of the molecule is [c]1sccc1N1CCCC1. The van der Waals surface area contributed by atoms with E-state index in [1.54, 1.807) is 11.3 Å². The van der Waals surface area contributed by atoms with Crippen molar-refractivity contribution in [1.82, 2.24) is 0 Å². The number of thiophene rings is 1. The van der Waals surface area contributed by atoms with E-state index in [0.29, 0.717) is 0 Å². The summed E-state index contributed by atoms with van der Waals surface area (Å²) in [7, 11) is 0. The summed E-state index contributed by atoms with van der Waals surface area (Å²) in [6.45, 7) is 2.46. The third kappa shape index (κ3) is 1.03. The Kier molecular flexibility index (Phi) is 1.63. The summed E-state index contributed by atoms with van der Waals surface area (Å²) >= 11 is 1.66. The number of nitrogens with zero attached hydrogens (tertiary/aromatic N) is 1. The van der Waals surface area contributed by atoms with Crippen LogP contribution in [0.15, 0.2) is 11.4 Å². The number of rotatable bonds is 1. The summed E-state index contributed by atoms with van der Waals surface area (Å²) in [5.41, 5.74) is 1.29. The van der Waals surface area contributed by atoms with Gasteiger partial charge in [0.2, 0.25) is 0 Å². The van der Waals surface area contributed by atoms with Crippen LogP contribution in [0.1, 0.15) is 12.8 Å². The molecule has 0 N–H and O–H groups in total. The van der Waals surface area contributed by atoms with E-state index in [0.717, 1.165) is 0 Å². The Morgan fingerprint density at radius 2 is 2.20 bits per heavy atom. The van der Waals surface area contributed by atoms with E-state index < -0.39 is 0 Å². The van der Waals surface area contributed by atoms with Gasteiger partial charge in [-0.15, -0.1) is 11.3 Å². The van der Waals surface area contributed by atoms with Crippen LogP contribution in [0, 0.1) is 5.38 Å². The molecule has 1 aliphatic rings. The molecule has 1 nitrogen and oxygen atoms in total. The van der Waals surface area contributed by atoms with Gasteiger partial charge >= 0.3 is 0 Å². The molecule has 1 saturated heterocycles. The zero-order valence-corrected chi connectivity index (χ0v) is 6.66. The first kappa shape index (κ1) is 6.23. The minimum Gasteiger partial charge on any atom is -0.370 e. The van der Waals surface area contributed by atoms with Crippen LogP contribution in [-0.2, 0) is 0 Å². The lowest BCUT2D eigenvalue weighted by Gasteiger charge is -2.13. The Hall–Kier alpha value is -0.500. The van der Waals surface area contributed by atoms with E-state index in [4.69, 9.17) is 0 Å². The van der Waals surface area contributed by atoms with Crippen LogP contribution in [-0.4, -0.2) is 13.1 Å². The molecule has 0 spiro atoms. The molecule has 1 aromatic heterocycles. The highest BCUT2D eigenvalue weighted by Crippen LogP contribution is 2.21. The third-order valence-electron chi connectivity index (χ3n) is 1.90. The third-order valence-corrected chi connectivity index (χ3v) is 2.50. The predicted molar refractivity (Wildman–Crippen MR) is 44.6 cm³/mol. The van der Waals surface area contributed by atoms with E-state index in [-0.39, 0.29) is 0 Å². The van der Waals surface area contributed by atoms with Crippen LogP contribution in [0.2, 0.25) is 0 Å². The maximum atomic E-state index is 3.25. The van der Waals surface area contributed by atoms with Crippen molar-refractivity contribution in [2.45, 2.75) is 12.8 Å². The molecule has 1 radical (unpaired) electrons. The van der Waals surface area contributed by atoms with Gasteiger partial charge in [-0.2, -0.15) is 0 Å². The summed E-state index contributed by atoms with van der Waals surface area (Å²) in [5.74, 6) is 0. The van der Waals surface area contributed by atoms with E-state index in [1.807, 2.05) is 0 Å². The van der Waals surface area contributed by atoms with Gasteiger partial charge in [0.05, 0.1) is 11.1 Å². The van der Waals surface area contributed by atoms with Gasteiger partial charge in [0.1, 0.15) is 0 Å². The summed E-state index contributed by atoms with van der Waals surface area (Å²) in [6.07, 6.45) is 2.70. The Morgan fingerprint density at radius 3 is 2.80 bits per heavy atom. The van der Waals surface area contributed by atoms with Crippen LogP contribution in [0.5, 0.6) is 0 Å². The van der Waals surface area contributed by atoms with Crippen molar-refractivity contribution in [2.75, 3.05) is 18.0 Å². The molecule has 0 saturated carbocycles. The topological polar surface area (TPSA) is 3.24 Å². The molecule has 2 heteroatoms. The fourth-order valence-electron chi connectivity index (χ4n) is 1.35. The Bertz CT molecular complexity index is 187. The van der Waals surface area contributed by atoms with Crippen molar-refractivity contribution >= 4 is 17.0 Å². The Labute approximate surface area is 65.3 Å². The summed E-state index contributed by atoms with van der Waals surface area (Å²) < 4.78 is 0. The van der Waals surface area contributed by atoms with Crippen LogP contribution in [0.25, 0.3) is 0 Å². The zero-order valence-electron chi connectivity index (χ0n) is 5.84. The number of anilines is 1. The molecular formula is C8H10NS. The molecule has 1 fully saturated rings. The molecule has 0 amide bonds. The molecule has 0 aromatic carbocycles. The van der Waals surface area contributed by atoms with Gasteiger partial charge in [0.25, 0.3) is 0 Å². The number of hydrogen-bond acceptors (Lipinski definition) is 2. The average Bonchev–Trinajstić information content (AvgIpc) is 2.59.